The Morgan fingerprint density at radius 3 is 2.70 bits per heavy atom. The van der Waals surface area contributed by atoms with Crippen LogP contribution in [0.1, 0.15) is 68.3 Å². The Hall–Kier alpha value is -2.53. The summed E-state index contributed by atoms with van der Waals surface area (Å²) in [5.41, 5.74) is 0.761. The molecule has 2 fully saturated rings. The number of H-pyrrole nitrogens is 1. The summed E-state index contributed by atoms with van der Waals surface area (Å²) >= 11 is 3.36. The molecule has 3 atom stereocenters. The maximum atomic E-state index is 14.1. The molecule has 33 heavy (non-hydrogen) atoms. The van der Waals surface area contributed by atoms with Crippen LogP contribution in [-0.2, 0) is 9.59 Å². The SMILES string of the molecule is N#C[C@H](C[C@@H]1CCCCC1=O)NC(=O)[C@@H](CC(=O)c1cc2c(F)ccc(Br)c2[nH]1)CC1CC1. The number of rotatable bonds is 9. The molecule has 2 saturated carbocycles. The number of hydrogen-bond donors (Lipinski definition) is 2. The molecule has 1 amide bonds. The van der Waals surface area contributed by atoms with Gasteiger partial charge in [0.25, 0.3) is 0 Å². The topological polar surface area (TPSA) is 103 Å². The average Bonchev–Trinajstić information content (AvgIpc) is 3.49. The number of hydrogen-bond acceptors (Lipinski definition) is 4. The molecule has 174 valence electrons. The summed E-state index contributed by atoms with van der Waals surface area (Å²) in [7, 11) is 0. The lowest BCUT2D eigenvalue weighted by Crippen LogP contribution is -2.41. The van der Waals surface area contributed by atoms with Gasteiger partial charge >= 0.3 is 0 Å². The van der Waals surface area contributed by atoms with E-state index in [4.69, 9.17) is 0 Å². The molecule has 6 nitrogen and oxygen atoms in total. The highest BCUT2D eigenvalue weighted by Crippen LogP contribution is 2.37. The van der Waals surface area contributed by atoms with Gasteiger partial charge in [-0.05, 0) is 65.7 Å². The van der Waals surface area contributed by atoms with E-state index in [2.05, 4.69) is 32.3 Å². The highest BCUT2D eigenvalue weighted by molar-refractivity contribution is 9.10. The van der Waals surface area contributed by atoms with Crippen LogP contribution >= 0.6 is 15.9 Å². The maximum Gasteiger partial charge on any atom is 0.224 e. The molecule has 0 saturated heterocycles. The monoisotopic (exact) mass is 515 g/mol. The summed E-state index contributed by atoms with van der Waals surface area (Å²) < 4.78 is 14.8. The smallest absolute Gasteiger partial charge is 0.224 e. The van der Waals surface area contributed by atoms with Gasteiger partial charge in [-0.3, -0.25) is 14.4 Å². The number of amides is 1. The third-order valence-corrected chi connectivity index (χ3v) is 7.44. The van der Waals surface area contributed by atoms with E-state index in [0.717, 1.165) is 32.1 Å². The highest BCUT2D eigenvalue weighted by atomic mass is 79.9. The van der Waals surface area contributed by atoms with E-state index in [1.807, 2.05) is 0 Å². The zero-order valence-electron chi connectivity index (χ0n) is 18.3. The molecule has 8 heteroatoms. The number of ketones is 2. The van der Waals surface area contributed by atoms with Gasteiger partial charge in [0.05, 0.1) is 17.3 Å². The Bertz CT molecular complexity index is 1080. The predicted octanol–water partition coefficient (Wildman–Crippen LogP) is 5.22. The van der Waals surface area contributed by atoms with Gasteiger partial charge in [-0.1, -0.05) is 19.3 Å². The fourth-order valence-electron chi connectivity index (χ4n) is 4.70. The first-order valence-corrected chi connectivity index (χ1v) is 12.4. The standard InChI is InChI=1S/C25H27BrFN3O3/c26-19-7-8-20(27)18-12-21(30-24(18)19)23(32)11-16(9-14-5-6-14)25(33)29-17(13-28)10-15-3-1-2-4-22(15)31/h7-8,12,14-17,30H,1-6,9-11H2,(H,29,33)/t15-,16+,17-/m0/s1. The molecule has 0 radical (unpaired) electrons. The van der Waals surface area contributed by atoms with Crippen LogP contribution in [0.15, 0.2) is 22.7 Å². The average molecular weight is 516 g/mol. The predicted molar refractivity (Wildman–Crippen MR) is 125 cm³/mol. The number of carbonyl (C=O) groups is 3. The number of aromatic nitrogens is 1. The minimum Gasteiger partial charge on any atom is -0.351 e. The maximum absolute atomic E-state index is 14.1. The molecular formula is C25H27BrFN3O3. The molecule has 0 spiro atoms. The minimum absolute atomic E-state index is 0.0189. The molecule has 1 aromatic carbocycles. The van der Waals surface area contributed by atoms with E-state index in [1.54, 1.807) is 6.07 Å². The molecule has 1 heterocycles. The molecule has 2 aliphatic rings. The van der Waals surface area contributed by atoms with Crippen molar-refractivity contribution in [3.05, 3.63) is 34.2 Å². The van der Waals surface area contributed by atoms with Crippen LogP contribution in [0.2, 0.25) is 0 Å². The zero-order valence-corrected chi connectivity index (χ0v) is 19.9. The molecule has 4 rings (SSSR count). The minimum atomic E-state index is -0.750. The van der Waals surface area contributed by atoms with Crippen molar-refractivity contribution in [1.82, 2.24) is 10.3 Å². The fourth-order valence-corrected chi connectivity index (χ4v) is 5.14. The second-order valence-electron chi connectivity index (χ2n) is 9.34. The Morgan fingerprint density at radius 1 is 1.24 bits per heavy atom. The van der Waals surface area contributed by atoms with E-state index < -0.39 is 17.8 Å². The third kappa shape index (κ3) is 5.70. The van der Waals surface area contributed by atoms with E-state index in [1.165, 1.54) is 12.1 Å². The van der Waals surface area contributed by atoms with E-state index in [-0.39, 0.29) is 35.5 Å². The van der Waals surface area contributed by atoms with Crippen LogP contribution < -0.4 is 5.32 Å². The summed E-state index contributed by atoms with van der Waals surface area (Å²) in [5.74, 6) is -1.21. The largest absolute Gasteiger partial charge is 0.351 e. The fraction of sp³-hybridized carbons (Fsp3) is 0.520. The highest BCUT2D eigenvalue weighted by Gasteiger charge is 2.33. The number of nitrogens with zero attached hydrogens (tertiary/aromatic N) is 1. The van der Waals surface area contributed by atoms with Crippen molar-refractivity contribution in [2.75, 3.05) is 0 Å². The Balaban J connectivity index is 1.45. The summed E-state index contributed by atoms with van der Waals surface area (Å²) in [6.07, 6.45) is 6.08. The first-order valence-electron chi connectivity index (χ1n) is 11.6. The van der Waals surface area contributed by atoms with Gasteiger partial charge in [-0.25, -0.2) is 4.39 Å². The molecule has 0 bridgehead atoms. The second-order valence-corrected chi connectivity index (χ2v) is 10.2. The first kappa shape index (κ1) is 23.6. The number of halogens is 2. The van der Waals surface area contributed by atoms with Crippen LogP contribution in [-0.4, -0.2) is 28.5 Å². The lowest BCUT2D eigenvalue weighted by molar-refractivity contribution is -0.127. The van der Waals surface area contributed by atoms with Crippen LogP contribution in [0.3, 0.4) is 0 Å². The number of fused-ring (bicyclic) bond motifs is 1. The van der Waals surface area contributed by atoms with Crippen molar-refractivity contribution in [3.63, 3.8) is 0 Å². The summed E-state index contributed by atoms with van der Waals surface area (Å²) in [5, 5.41) is 12.7. The van der Waals surface area contributed by atoms with Crippen molar-refractivity contribution in [2.45, 2.75) is 63.8 Å². The number of nitriles is 1. The lowest BCUT2D eigenvalue weighted by Gasteiger charge is -2.24. The molecular weight excluding hydrogens is 489 g/mol. The van der Waals surface area contributed by atoms with Gasteiger partial charge in [-0.2, -0.15) is 5.26 Å². The van der Waals surface area contributed by atoms with Crippen molar-refractivity contribution in [3.8, 4) is 6.07 Å². The molecule has 2 aromatic rings. The number of benzene rings is 1. The number of Topliss-reactive ketones (excluding diaryl/α,β-unsaturated/α-hetero) is 2. The normalized spacial score (nSPS) is 20.3. The summed E-state index contributed by atoms with van der Waals surface area (Å²) in [6, 6.07) is 5.75. The molecule has 0 unspecified atom stereocenters. The molecule has 0 aliphatic heterocycles. The van der Waals surface area contributed by atoms with Gasteiger partial charge in [0.2, 0.25) is 5.91 Å². The van der Waals surface area contributed by atoms with Crippen molar-refractivity contribution >= 4 is 44.3 Å². The number of carbonyl (C=O) groups excluding carboxylic acids is 3. The molecule has 2 N–H and O–H groups in total. The molecule has 2 aliphatic carbocycles. The third-order valence-electron chi connectivity index (χ3n) is 6.78. The van der Waals surface area contributed by atoms with Crippen LogP contribution in [0.4, 0.5) is 4.39 Å². The van der Waals surface area contributed by atoms with Gasteiger partial charge in [0, 0.05) is 34.5 Å². The van der Waals surface area contributed by atoms with Gasteiger partial charge in [0.1, 0.15) is 17.6 Å². The first-order chi connectivity index (χ1) is 15.9. The summed E-state index contributed by atoms with van der Waals surface area (Å²) in [6.45, 7) is 0. The lowest BCUT2D eigenvalue weighted by atomic mass is 9.83. The van der Waals surface area contributed by atoms with Crippen LogP contribution in [0.25, 0.3) is 10.9 Å². The summed E-state index contributed by atoms with van der Waals surface area (Å²) in [4.78, 5) is 41.2. The van der Waals surface area contributed by atoms with Crippen molar-refractivity contribution < 1.29 is 18.8 Å². The number of aromatic amines is 1. The Kier molecular flexibility index (Phi) is 7.28. The quantitative estimate of drug-likeness (QED) is 0.447. The van der Waals surface area contributed by atoms with Crippen molar-refractivity contribution in [2.24, 2.45) is 17.8 Å². The van der Waals surface area contributed by atoms with Gasteiger partial charge in [-0.15, -0.1) is 0 Å². The van der Waals surface area contributed by atoms with Gasteiger partial charge < -0.3 is 10.3 Å². The van der Waals surface area contributed by atoms with E-state index >= 15 is 0 Å². The van der Waals surface area contributed by atoms with Crippen LogP contribution in [0.5, 0.6) is 0 Å². The zero-order chi connectivity index (χ0) is 23.5. The Morgan fingerprint density at radius 2 is 2.03 bits per heavy atom. The number of nitrogens with one attached hydrogen (secondary N) is 2. The second kappa shape index (κ2) is 10.2. The van der Waals surface area contributed by atoms with E-state index in [0.29, 0.717) is 40.6 Å². The Labute approximate surface area is 200 Å². The molecule has 1 aromatic heterocycles. The van der Waals surface area contributed by atoms with Gasteiger partial charge in [0.15, 0.2) is 5.78 Å². The van der Waals surface area contributed by atoms with E-state index in [9.17, 15) is 24.0 Å². The van der Waals surface area contributed by atoms with Crippen molar-refractivity contribution in [1.29, 1.82) is 5.26 Å². The van der Waals surface area contributed by atoms with Crippen LogP contribution in [0, 0.1) is 34.9 Å².